The van der Waals surface area contributed by atoms with Gasteiger partial charge in [0.1, 0.15) is 23.0 Å². The van der Waals surface area contributed by atoms with E-state index in [1.807, 2.05) is 6.07 Å². The molecule has 1 amide bonds. The van der Waals surface area contributed by atoms with Crippen LogP contribution in [0.5, 0.6) is 11.5 Å². The molecule has 1 aliphatic heterocycles. The van der Waals surface area contributed by atoms with Crippen LogP contribution in [-0.4, -0.2) is 41.1 Å². The SMILES string of the molecule is COc1ccc(OCC(=O)N2CCCc3c2nc(-c2ccccn2)[nH]c3=O)cc1. The molecular formula is C21H20N4O4. The Bertz CT molecular complexity index is 1060. The van der Waals surface area contributed by atoms with Crippen LogP contribution in [0.2, 0.25) is 0 Å². The second kappa shape index (κ2) is 8.14. The molecule has 1 aliphatic rings. The Kier molecular flexibility index (Phi) is 5.24. The molecule has 3 heterocycles. The first-order valence-corrected chi connectivity index (χ1v) is 9.27. The van der Waals surface area contributed by atoms with Gasteiger partial charge in [-0.1, -0.05) is 6.07 Å². The van der Waals surface area contributed by atoms with Crippen LogP contribution >= 0.6 is 0 Å². The van der Waals surface area contributed by atoms with Crippen LogP contribution in [0, 0.1) is 0 Å². The molecule has 8 nitrogen and oxygen atoms in total. The second-order valence-electron chi connectivity index (χ2n) is 6.54. The van der Waals surface area contributed by atoms with E-state index in [9.17, 15) is 9.59 Å². The molecule has 1 N–H and O–H groups in total. The summed E-state index contributed by atoms with van der Waals surface area (Å²) < 4.78 is 10.7. The number of fused-ring (bicyclic) bond motifs is 1. The smallest absolute Gasteiger partial charge is 0.266 e. The highest BCUT2D eigenvalue weighted by Crippen LogP contribution is 2.25. The summed E-state index contributed by atoms with van der Waals surface area (Å²) in [5.74, 6) is 1.73. The molecule has 0 saturated heterocycles. The number of anilines is 1. The van der Waals surface area contributed by atoms with E-state index in [0.29, 0.717) is 53.8 Å². The molecule has 0 spiro atoms. The Morgan fingerprint density at radius 1 is 1.17 bits per heavy atom. The summed E-state index contributed by atoms with van der Waals surface area (Å²) in [6, 6.07) is 12.3. The number of ether oxygens (including phenoxy) is 2. The standard InChI is InChI=1S/C21H20N4O4/c1-28-14-7-9-15(10-8-14)29-13-18(26)25-12-4-5-16-20(25)23-19(24-21(16)27)17-6-2-3-11-22-17/h2-3,6-11H,4-5,12-13H2,1H3,(H,23,24,27). The van der Waals surface area contributed by atoms with Crippen LogP contribution in [0.3, 0.4) is 0 Å². The number of H-pyrrole nitrogens is 1. The molecule has 3 aromatic rings. The minimum absolute atomic E-state index is 0.154. The summed E-state index contributed by atoms with van der Waals surface area (Å²) in [6.07, 6.45) is 2.89. The summed E-state index contributed by atoms with van der Waals surface area (Å²) in [5, 5.41) is 0. The Hall–Kier alpha value is -3.68. The number of methoxy groups -OCH3 is 1. The molecule has 0 atom stereocenters. The van der Waals surface area contributed by atoms with Crippen LogP contribution in [0.1, 0.15) is 12.0 Å². The molecule has 0 aliphatic carbocycles. The summed E-state index contributed by atoms with van der Waals surface area (Å²) in [7, 11) is 1.58. The number of hydrogen-bond acceptors (Lipinski definition) is 6. The van der Waals surface area contributed by atoms with Gasteiger partial charge in [0.05, 0.1) is 12.7 Å². The van der Waals surface area contributed by atoms with Gasteiger partial charge in [-0.25, -0.2) is 4.98 Å². The lowest BCUT2D eigenvalue weighted by Crippen LogP contribution is -2.41. The average molecular weight is 392 g/mol. The molecule has 0 bridgehead atoms. The maximum atomic E-state index is 12.8. The molecule has 0 fully saturated rings. The first-order chi connectivity index (χ1) is 14.2. The fourth-order valence-corrected chi connectivity index (χ4v) is 3.22. The summed E-state index contributed by atoms with van der Waals surface area (Å²) in [6.45, 7) is 0.328. The number of aromatic amines is 1. The molecule has 0 unspecified atom stereocenters. The largest absolute Gasteiger partial charge is 0.497 e. The third-order valence-electron chi connectivity index (χ3n) is 4.69. The van der Waals surface area contributed by atoms with Gasteiger partial charge in [0.15, 0.2) is 12.4 Å². The Balaban J connectivity index is 1.57. The molecule has 29 heavy (non-hydrogen) atoms. The number of carbonyl (C=O) groups is 1. The van der Waals surface area contributed by atoms with Crippen LogP contribution in [0.15, 0.2) is 53.5 Å². The molecule has 0 saturated carbocycles. The molecular weight excluding hydrogens is 372 g/mol. The number of rotatable bonds is 5. The Morgan fingerprint density at radius 2 is 1.97 bits per heavy atom. The lowest BCUT2D eigenvalue weighted by atomic mass is 10.1. The number of aromatic nitrogens is 3. The van der Waals surface area contributed by atoms with Crippen molar-refractivity contribution in [1.82, 2.24) is 15.0 Å². The number of hydrogen-bond donors (Lipinski definition) is 1. The third kappa shape index (κ3) is 3.96. The van der Waals surface area contributed by atoms with Crippen molar-refractivity contribution in [2.24, 2.45) is 0 Å². The topological polar surface area (TPSA) is 97.4 Å². The number of carbonyl (C=O) groups excluding carboxylic acids is 1. The predicted molar refractivity (Wildman–Crippen MR) is 107 cm³/mol. The van der Waals surface area contributed by atoms with Crippen molar-refractivity contribution in [3.05, 3.63) is 64.6 Å². The van der Waals surface area contributed by atoms with Gasteiger partial charge in [0.2, 0.25) is 0 Å². The summed E-state index contributed by atoms with van der Waals surface area (Å²) in [5.41, 5.74) is 0.804. The van der Waals surface area contributed by atoms with Gasteiger partial charge < -0.3 is 14.5 Å². The van der Waals surface area contributed by atoms with Gasteiger partial charge in [-0.05, 0) is 49.2 Å². The number of amides is 1. The summed E-state index contributed by atoms with van der Waals surface area (Å²) >= 11 is 0. The van der Waals surface area contributed by atoms with Crippen molar-refractivity contribution in [2.75, 3.05) is 25.2 Å². The van der Waals surface area contributed by atoms with Crippen molar-refractivity contribution >= 4 is 11.7 Å². The second-order valence-corrected chi connectivity index (χ2v) is 6.54. The molecule has 1 aromatic carbocycles. The first-order valence-electron chi connectivity index (χ1n) is 9.27. The quantitative estimate of drug-likeness (QED) is 0.715. The van der Waals surface area contributed by atoms with Crippen LogP contribution in [-0.2, 0) is 11.2 Å². The zero-order chi connectivity index (χ0) is 20.2. The average Bonchev–Trinajstić information content (AvgIpc) is 2.78. The van der Waals surface area contributed by atoms with E-state index in [1.54, 1.807) is 49.7 Å². The number of nitrogens with one attached hydrogen (secondary N) is 1. The maximum absolute atomic E-state index is 12.8. The highest BCUT2D eigenvalue weighted by Gasteiger charge is 2.27. The maximum Gasteiger partial charge on any atom is 0.266 e. The van der Waals surface area contributed by atoms with Gasteiger partial charge in [0.25, 0.3) is 11.5 Å². The lowest BCUT2D eigenvalue weighted by molar-refractivity contribution is -0.120. The molecule has 0 radical (unpaired) electrons. The minimum atomic E-state index is -0.258. The van der Waals surface area contributed by atoms with Crippen LogP contribution in [0.4, 0.5) is 5.82 Å². The molecule has 148 valence electrons. The monoisotopic (exact) mass is 392 g/mol. The van der Waals surface area contributed by atoms with Gasteiger partial charge in [0, 0.05) is 12.7 Å². The highest BCUT2D eigenvalue weighted by molar-refractivity contribution is 5.94. The van der Waals surface area contributed by atoms with Crippen LogP contribution in [0.25, 0.3) is 11.5 Å². The number of pyridine rings is 1. The van der Waals surface area contributed by atoms with E-state index in [0.717, 1.165) is 0 Å². The van der Waals surface area contributed by atoms with Crippen molar-refractivity contribution in [3.8, 4) is 23.0 Å². The fraction of sp³-hybridized carbons (Fsp3) is 0.238. The fourth-order valence-electron chi connectivity index (χ4n) is 3.22. The van der Waals surface area contributed by atoms with Crippen LogP contribution < -0.4 is 19.9 Å². The van der Waals surface area contributed by atoms with Gasteiger partial charge in [-0.15, -0.1) is 0 Å². The number of benzene rings is 1. The zero-order valence-corrected chi connectivity index (χ0v) is 15.9. The van der Waals surface area contributed by atoms with E-state index < -0.39 is 0 Å². The lowest BCUT2D eigenvalue weighted by Gasteiger charge is -2.28. The van der Waals surface area contributed by atoms with Gasteiger partial charge >= 0.3 is 0 Å². The van der Waals surface area contributed by atoms with E-state index in [1.165, 1.54) is 4.90 Å². The predicted octanol–water partition coefficient (Wildman–Crippen LogP) is 2.20. The van der Waals surface area contributed by atoms with Crippen molar-refractivity contribution in [3.63, 3.8) is 0 Å². The van der Waals surface area contributed by atoms with E-state index in [4.69, 9.17) is 9.47 Å². The normalized spacial score (nSPS) is 12.9. The van der Waals surface area contributed by atoms with Gasteiger partial charge in [-0.2, -0.15) is 0 Å². The van der Waals surface area contributed by atoms with Crippen molar-refractivity contribution in [2.45, 2.75) is 12.8 Å². The Labute approximate surface area is 167 Å². The third-order valence-corrected chi connectivity index (χ3v) is 4.69. The molecule has 8 heteroatoms. The van der Waals surface area contributed by atoms with Crippen molar-refractivity contribution in [1.29, 1.82) is 0 Å². The molecule has 4 rings (SSSR count). The van der Waals surface area contributed by atoms with E-state index in [2.05, 4.69) is 15.0 Å². The first kappa shape index (κ1) is 18.7. The van der Waals surface area contributed by atoms with E-state index in [-0.39, 0.29) is 18.1 Å². The number of nitrogens with zero attached hydrogens (tertiary/aromatic N) is 3. The highest BCUT2D eigenvalue weighted by atomic mass is 16.5. The van der Waals surface area contributed by atoms with E-state index >= 15 is 0 Å². The molecule has 2 aromatic heterocycles. The minimum Gasteiger partial charge on any atom is -0.497 e. The summed E-state index contributed by atoms with van der Waals surface area (Å²) in [4.78, 5) is 38.4. The van der Waals surface area contributed by atoms with Gasteiger partial charge in [-0.3, -0.25) is 19.5 Å². The zero-order valence-electron chi connectivity index (χ0n) is 15.9. The van der Waals surface area contributed by atoms with Crippen molar-refractivity contribution < 1.29 is 14.3 Å². The Morgan fingerprint density at radius 3 is 2.69 bits per heavy atom.